The van der Waals surface area contributed by atoms with E-state index in [1.54, 1.807) is 43.3 Å². The van der Waals surface area contributed by atoms with Gasteiger partial charge >= 0.3 is 0 Å². The van der Waals surface area contributed by atoms with Crippen molar-refractivity contribution in [1.82, 2.24) is 4.72 Å². The third-order valence-electron chi connectivity index (χ3n) is 3.19. The SMILES string of the molecule is CNS(=O)(=O)c1ccccc1NC(C)c1ccccc1F. The summed E-state index contributed by atoms with van der Waals surface area (Å²) in [5, 5.41) is 3.05. The number of anilines is 1. The van der Waals surface area contributed by atoms with Crippen LogP contribution in [0.5, 0.6) is 0 Å². The number of halogens is 1. The number of hydrogen-bond acceptors (Lipinski definition) is 3. The standard InChI is InChI=1S/C15H17FN2O2S/c1-11(12-7-3-4-8-13(12)16)18-14-9-5-6-10-15(14)21(19,20)17-2/h3-11,17-18H,1-2H3. The van der Waals surface area contributed by atoms with Crippen molar-refractivity contribution in [3.8, 4) is 0 Å². The van der Waals surface area contributed by atoms with Crippen LogP contribution >= 0.6 is 0 Å². The first-order valence-corrected chi connectivity index (χ1v) is 7.97. The predicted octanol–water partition coefficient (Wildman–Crippen LogP) is 2.91. The summed E-state index contributed by atoms with van der Waals surface area (Å²) in [5.74, 6) is -0.327. The minimum Gasteiger partial charge on any atom is -0.377 e. The lowest BCUT2D eigenvalue weighted by molar-refractivity contribution is 0.588. The molecule has 0 aliphatic heterocycles. The molecule has 2 aromatic rings. The number of para-hydroxylation sites is 1. The van der Waals surface area contributed by atoms with Crippen LogP contribution in [0.2, 0.25) is 0 Å². The van der Waals surface area contributed by atoms with Crippen LogP contribution in [0.15, 0.2) is 53.4 Å². The lowest BCUT2D eigenvalue weighted by Crippen LogP contribution is -2.21. The average Bonchev–Trinajstić information content (AvgIpc) is 2.48. The van der Waals surface area contributed by atoms with Crippen LogP contribution in [0.3, 0.4) is 0 Å². The van der Waals surface area contributed by atoms with Crippen molar-refractivity contribution in [2.24, 2.45) is 0 Å². The minimum absolute atomic E-state index is 0.135. The van der Waals surface area contributed by atoms with Gasteiger partial charge in [-0.25, -0.2) is 17.5 Å². The van der Waals surface area contributed by atoms with Crippen molar-refractivity contribution in [2.45, 2.75) is 17.9 Å². The van der Waals surface area contributed by atoms with E-state index in [9.17, 15) is 12.8 Å². The summed E-state index contributed by atoms with van der Waals surface area (Å²) in [5.41, 5.74) is 0.914. The van der Waals surface area contributed by atoms with E-state index < -0.39 is 10.0 Å². The second-order valence-corrected chi connectivity index (χ2v) is 6.45. The summed E-state index contributed by atoms with van der Waals surface area (Å²) in [6.45, 7) is 1.78. The highest BCUT2D eigenvalue weighted by Crippen LogP contribution is 2.26. The molecule has 0 heterocycles. The van der Waals surface area contributed by atoms with Crippen molar-refractivity contribution in [2.75, 3.05) is 12.4 Å². The summed E-state index contributed by atoms with van der Waals surface area (Å²) in [4.78, 5) is 0.135. The molecule has 0 aromatic heterocycles. The van der Waals surface area contributed by atoms with Gasteiger partial charge in [-0.05, 0) is 32.2 Å². The molecule has 0 saturated heterocycles. The van der Waals surface area contributed by atoms with Crippen LogP contribution in [0.1, 0.15) is 18.5 Å². The van der Waals surface area contributed by atoms with Crippen molar-refractivity contribution in [3.05, 3.63) is 59.9 Å². The van der Waals surface area contributed by atoms with Crippen LogP contribution in [0.25, 0.3) is 0 Å². The van der Waals surface area contributed by atoms with Crippen LogP contribution < -0.4 is 10.0 Å². The smallest absolute Gasteiger partial charge is 0.242 e. The fourth-order valence-corrected chi connectivity index (χ4v) is 2.96. The van der Waals surface area contributed by atoms with Gasteiger partial charge in [0, 0.05) is 5.56 Å². The van der Waals surface area contributed by atoms with Crippen molar-refractivity contribution < 1.29 is 12.8 Å². The molecule has 112 valence electrons. The summed E-state index contributed by atoms with van der Waals surface area (Å²) < 4.78 is 40.0. The summed E-state index contributed by atoms with van der Waals surface area (Å²) >= 11 is 0. The molecule has 1 atom stereocenters. The molecule has 4 nitrogen and oxygen atoms in total. The van der Waals surface area contributed by atoms with E-state index in [0.29, 0.717) is 11.3 Å². The van der Waals surface area contributed by atoms with E-state index in [2.05, 4.69) is 10.0 Å². The maximum atomic E-state index is 13.8. The van der Waals surface area contributed by atoms with Crippen LogP contribution in [0, 0.1) is 5.82 Å². The first-order chi connectivity index (χ1) is 9.95. The second-order valence-electron chi connectivity index (χ2n) is 4.59. The maximum Gasteiger partial charge on any atom is 0.242 e. The molecule has 0 saturated carbocycles. The van der Waals surface area contributed by atoms with Gasteiger partial charge < -0.3 is 5.32 Å². The molecule has 21 heavy (non-hydrogen) atoms. The number of benzene rings is 2. The van der Waals surface area contributed by atoms with E-state index in [4.69, 9.17) is 0 Å². The van der Waals surface area contributed by atoms with Crippen molar-refractivity contribution in [1.29, 1.82) is 0 Å². The Labute approximate surface area is 124 Å². The highest BCUT2D eigenvalue weighted by molar-refractivity contribution is 7.89. The van der Waals surface area contributed by atoms with Gasteiger partial charge in [-0.1, -0.05) is 30.3 Å². The predicted molar refractivity (Wildman–Crippen MR) is 81.1 cm³/mol. The maximum absolute atomic E-state index is 13.8. The summed E-state index contributed by atoms with van der Waals surface area (Å²) in [7, 11) is -2.22. The van der Waals surface area contributed by atoms with E-state index in [1.807, 2.05) is 0 Å². The number of nitrogens with one attached hydrogen (secondary N) is 2. The minimum atomic E-state index is -3.57. The summed E-state index contributed by atoms with van der Waals surface area (Å²) in [6.07, 6.45) is 0. The number of rotatable bonds is 5. The quantitative estimate of drug-likeness (QED) is 0.893. The first kappa shape index (κ1) is 15.5. The van der Waals surface area contributed by atoms with E-state index in [-0.39, 0.29) is 16.8 Å². The average molecular weight is 308 g/mol. The molecule has 0 aliphatic carbocycles. The Balaban J connectivity index is 2.35. The zero-order chi connectivity index (χ0) is 15.5. The lowest BCUT2D eigenvalue weighted by Gasteiger charge is -2.18. The zero-order valence-electron chi connectivity index (χ0n) is 11.8. The van der Waals surface area contributed by atoms with Gasteiger partial charge in [0.05, 0.1) is 11.7 Å². The van der Waals surface area contributed by atoms with E-state index in [1.165, 1.54) is 19.2 Å². The van der Waals surface area contributed by atoms with Crippen LogP contribution in [-0.4, -0.2) is 15.5 Å². The highest BCUT2D eigenvalue weighted by Gasteiger charge is 2.18. The number of hydrogen-bond donors (Lipinski definition) is 2. The topological polar surface area (TPSA) is 58.2 Å². The summed E-state index contributed by atoms with van der Waals surface area (Å²) in [6, 6.07) is 12.6. The normalized spacial score (nSPS) is 12.9. The second kappa shape index (κ2) is 6.24. The van der Waals surface area contributed by atoms with Gasteiger partial charge in [0.25, 0.3) is 0 Å². The lowest BCUT2D eigenvalue weighted by atomic mass is 10.1. The Morgan fingerprint density at radius 2 is 1.67 bits per heavy atom. The molecular weight excluding hydrogens is 291 g/mol. The third kappa shape index (κ3) is 3.40. The molecule has 0 spiro atoms. The monoisotopic (exact) mass is 308 g/mol. The van der Waals surface area contributed by atoms with Gasteiger partial charge in [0.1, 0.15) is 10.7 Å². The zero-order valence-corrected chi connectivity index (χ0v) is 12.6. The molecule has 0 bridgehead atoms. The Bertz CT molecular complexity index is 732. The fraction of sp³-hybridized carbons (Fsp3) is 0.200. The van der Waals surface area contributed by atoms with Gasteiger partial charge in [0.15, 0.2) is 0 Å². The molecule has 6 heteroatoms. The third-order valence-corrected chi connectivity index (χ3v) is 4.66. The fourth-order valence-electron chi connectivity index (χ4n) is 2.07. The van der Waals surface area contributed by atoms with Gasteiger partial charge in [-0.2, -0.15) is 0 Å². The molecule has 0 amide bonds. The van der Waals surface area contributed by atoms with Crippen molar-refractivity contribution in [3.63, 3.8) is 0 Å². The van der Waals surface area contributed by atoms with Gasteiger partial charge in [-0.15, -0.1) is 0 Å². The Morgan fingerprint density at radius 1 is 1.05 bits per heavy atom. The molecular formula is C15H17FN2O2S. The highest BCUT2D eigenvalue weighted by atomic mass is 32.2. The largest absolute Gasteiger partial charge is 0.377 e. The molecule has 1 unspecified atom stereocenters. The molecule has 0 aliphatic rings. The number of sulfonamides is 1. The molecule has 2 N–H and O–H groups in total. The van der Waals surface area contributed by atoms with Gasteiger partial charge in [-0.3, -0.25) is 0 Å². The molecule has 2 aromatic carbocycles. The first-order valence-electron chi connectivity index (χ1n) is 6.49. The van der Waals surface area contributed by atoms with Gasteiger partial charge in [0.2, 0.25) is 10.0 Å². The Kier molecular flexibility index (Phi) is 4.59. The van der Waals surface area contributed by atoms with Crippen LogP contribution in [0.4, 0.5) is 10.1 Å². The van der Waals surface area contributed by atoms with Crippen LogP contribution in [-0.2, 0) is 10.0 Å². The molecule has 2 rings (SSSR count). The van der Waals surface area contributed by atoms with E-state index in [0.717, 1.165) is 0 Å². The Morgan fingerprint density at radius 3 is 2.33 bits per heavy atom. The van der Waals surface area contributed by atoms with E-state index >= 15 is 0 Å². The Hall–Kier alpha value is -1.92. The molecule has 0 radical (unpaired) electrons. The molecule has 0 fully saturated rings. The van der Waals surface area contributed by atoms with Crippen molar-refractivity contribution >= 4 is 15.7 Å².